The molecule has 3 heterocycles. The Morgan fingerprint density at radius 2 is 1.67 bits per heavy atom. The number of hydrogen-bond donors (Lipinski definition) is 3. The largest absolute Gasteiger partial charge is 0.347 e. The van der Waals surface area contributed by atoms with Crippen LogP contribution in [0.2, 0.25) is 0 Å². The number of fused-ring (bicyclic) bond motifs is 2. The van der Waals surface area contributed by atoms with Gasteiger partial charge in [0.2, 0.25) is 23.6 Å². The molecular formula is C35H49N5O6. The van der Waals surface area contributed by atoms with Crippen LogP contribution in [0, 0.1) is 5.92 Å². The topological polar surface area (TPSA) is 147 Å². The first kappa shape index (κ1) is 34.8. The molecule has 250 valence electrons. The highest BCUT2D eigenvalue weighted by Gasteiger charge is 2.41. The fourth-order valence-electron chi connectivity index (χ4n) is 6.49. The molecule has 11 heteroatoms. The lowest BCUT2D eigenvalue weighted by Gasteiger charge is -2.39. The second-order valence-corrected chi connectivity index (χ2v) is 12.6. The van der Waals surface area contributed by atoms with Gasteiger partial charge in [-0.15, -0.1) is 0 Å². The van der Waals surface area contributed by atoms with Crippen LogP contribution >= 0.6 is 0 Å². The maximum Gasteiger partial charge on any atom is 0.248 e. The van der Waals surface area contributed by atoms with E-state index in [1.54, 1.807) is 23.2 Å². The van der Waals surface area contributed by atoms with Crippen LogP contribution in [0.4, 0.5) is 0 Å². The number of benzene rings is 1. The molecule has 0 unspecified atom stereocenters. The summed E-state index contributed by atoms with van der Waals surface area (Å²) in [4.78, 5) is 83.3. The van der Waals surface area contributed by atoms with Gasteiger partial charge in [0.25, 0.3) is 0 Å². The Balaban J connectivity index is 1.76. The van der Waals surface area contributed by atoms with Crippen LogP contribution in [0.1, 0.15) is 104 Å². The van der Waals surface area contributed by atoms with Gasteiger partial charge in [-0.25, -0.2) is 0 Å². The number of rotatable bonds is 11. The lowest BCUT2D eigenvalue weighted by Crippen LogP contribution is -2.63. The summed E-state index contributed by atoms with van der Waals surface area (Å²) in [7, 11) is 0. The Kier molecular flexibility index (Phi) is 12.1. The van der Waals surface area contributed by atoms with Gasteiger partial charge in [-0.05, 0) is 57.1 Å². The van der Waals surface area contributed by atoms with Gasteiger partial charge in [0.05, 0.1) is 5.52 Å². The summed E-state index contributed by atoms with van der Waals surface area (Å²) in [6.07, 6.45) is 7.28. The number of piperidine rings is 1. The van der Waals surface area contributed by atoms with Gasteiger partial charge in [-0.2, -0.15) is 0 Å². The highest BCUT2D eigenvalue weighted by atomic mass is 16.2. The maximum atomic E-state index is 14.2. The first-order valence-electron chi connectivity index (χ1n) is 17.0. The molecule has 0 aliphatic carbocycles. The number of pyridine rings is 1. The Hall–Kier alpha value is -4.02. The van der Waals surface area contributed by atoms with E-state index in [0.29, 0.717) is 68.9 Å². The van der Waals surface area contributed by atoms with Crippen molar-refractivity contribution >= 4 is 40.3 Å². The van der Waals surface area contributed by atoms with E-state index < -0.39 is 47.3 Å². The summed E-state index contributed by atoms with van der Waals surface area (Å²) in [5, 5.41) is 9.01. The monoisotopic (exact) mass is 635 g/mol. The first-order valence-corrected chi connectivity index (χ1v) is 17.0. The van der Waals surface area contributed by atoms with Crippen molar-refractivity contribution in [3.05, 3.63) is 46.2 Å². The molecule has 0 bridgehead atoms. The Morgan fingerprint density at radius 1 is 0.913 bits per heavy atom. The van der Waals surface area contributed by atoms with Crippen molar-refractivity contribution in [1.29, 1.82) is 0 Å². The van der Waals surface area contributed by atoms with Crippen molar-refractivity contribution < 1.29 is 24.0 Å². The smallest absolute Gasteiger partial charge is 0.248 e. The Bertz CT molecular complexity index is 1500. The summed E-state index contributed by atoms with van der Waals surface area (Å²) in [6.45, 7) is 8.43. The minimum Gasteiger partial charge on any atom is -0.347 e. The third-order valence-electron chi connectivity index (χ3n) is 9.56. The lowest BCUT2D eigenvalue weighted by molar-refractivity contribution is -0.147. The zero-order valence-corrected chi connectivity index (χ0v) is 27.6. The summed E-state index contributed by atoms with van der Waals surface area (Å²) >= 11 is 0. The quantitative estimate of drug-likeness (QED) is 0.322. The number of carbonyl (C=O) groups is 5. The van der Waals surface area contributed by atoms with Crippen LogP contribution in [-0.2, 0) is 30.5 Å². The molecule has 5 atom stereocenters. The Morgan fingerprint density at radius 3 is 2.39 bits per heavy atom. The van der Waals surface area contributed by atoms with Gasteiger partial charge in [0.15, 0.2) is 5.43 Å². The molecule has 11 nitrogen and oxygen atoms in total. The molecule has 2 fully saturated rings. The Labute approximate surface area is 270 Å². The van der Waals surface area contributed by atoms with Crippen molar-refractivity contribution in [2.45, 2.75) is 123 Å². The van der Waals surface area contributed by atoms with Gasteiger partial charge in [-0.3, -0.25) is 28.8 Å². The van der Waals surface area contributed by atoms with Crippen LogP contribution in [0.15, 0.2) is 35.3 Å². The number of para-hydroxylation sites is 1. The standard InChI is InChI=1S/C35H49N5O6/c1-5-22(4)29-35(46)40-20-14-13-19-28(40)33(44)36-26(17-10-8-9-15-23(41)6-2)32(43)38-30(34(45)37-29)25-21-39(7-3)27-18-12-11-16-24(27)31(25)42/h11-12,16,18,21-22,26,28-30H,5-10,13-15,17,19-20H2,1-4H3,(H,36,44)(H,37,45)(H,38,43)/t22-,26+,28-,29+,30+/m1/s1. The zero-order chi connectivity index (χ0) is 33.4. The molecule has 2 aromatic rings. The van der Waals surface area contributed by atoms with E-state index in [0.717, 1.165) is 12.8 Å². The normalized spacial score (nSPS) is 23.4. The average molecular weight is 636 g/mol. The van der Waals surface area contributed by atoms with Gasteiger partial charge in [-0.1, -0.05) is 52.2 Å². The third kappa shape index (κ3) is 7.85. The van der Waals surface area contributed by atoms with E-state index in [-0.39, 0.29) is 29.6 Å². The SMILES string of the molecule is CCC(=O)CCCCC[C@@H]1NC(=O)[C@H]2CCCCN2C(=O)[C@H]([C@H](C)CC)NC(=O)[C@H](c2cn(CC)c3ccccc3c2=O)NC1=O. The molecule has 1 aromatic heterocycles. The van der Waals surface area contributed by atoms with Crippen molar-refractivity contribution in [2.24, 2.45) is 5.92 Å². The summed E-state index contributed by atoms with van der Waals surface area (Å²) in [6, 6.07) is 3.00. The molecule has 4 amide bonds. The van der Waals surface area contributed by atoms with Crippen molar-refractivity contribution in [1.82, 2.24) is 25.4 Å². The van der Waals surface area contributed by atoms with Crippen LogP contribution in [-0.4, -0.2) is 63.5 Å². The van der Waals surface area contributed by atoms with E-state index in [2.05, 4.69) is 16.0 Å². The van der Waals surface area contributed by atoms with Crippen LogP contribution < -0.4 is 21.4 Å². The zero-order valence-electron chi connectivity index (χ0n) is 27.6. The molecule has 46 heavy (non-hydrogen) atoms. The van der Waals surface area contributed by atoms with Crippen LogP contribution in [0.5, 0.6) is 0 Å². The number of carbonyl (C=O) groups excluding carboxylic acids is 5. The molecule has 2 aliphatic rings. The molecule has 2 saturated heterocycles. The number of hydrogen-bond acceptors (Lipinski definition) is 6. The molecule has 3 N–H and O–H groups in total. The molecule has 2 aliphatic heterocycles. The van der Waals surface area contributed by atoms with Gasteiger partial charge >= 0.3 is 0 Å². The molecule has 4 rings (SSSR count). The minimum atomic E-state index is -1.40. The second kappa shape index (κ2) is 16.0. The number of aryl methyl sites for hydroxylation is 1. The number of aromatic nitrogens is 1. The fraction of sp³-hybridized carbons (Fsp3) is 0.600. The second-order valence-electron chi connectivity index (χ2n) is 12.6. The van der Waals surface area contributed by atoms with E-state index in [4.69, 9.17) is 0 Å². The van der Waals surface area contributed by atoms with Crippen LogP contribution in [0.25, 0.3) is 10.9 Å². The molecule has 1 aromatic carbocycles. The fourth-order valence-corrected chi connectivity index (χ4v) is 6.49. The van der Waals surface area contributed by atoms with Crippen molar-refractivity contribution in [3.63, 3.8) is 0 Å². The number of unbranched alkanes of at least 4 members (excludes halogenated alkanes) is 2. The van der Waals surface area contributed by atoms with Gasteiger partial charge < -0.3 is 25.4 Å². The highest BCUT2D eigenvalue weighted by Crippen LogP contribution is 2.24. The molecular weight excluding hydrogens is 586 g/mol. The number of ketones is 1. The molecule has 0 radical (unpaired) electrons. The highest BCUT2D eigenvalue weighted by molar-refractivity contribution is 5.98. The summed E-state index contributed by atoms with van der Waals surface area (Å²) in [5.74, 6) is -2.06. The van der Waals surface area contributed by atoms with Crippen molar-refractivity contribution in [3.8, 4) is 0 Å². The van der Waals surface area contributed by atoms with E-state index >= 15 is 0 Å². The first-order chi connectivity index (χ1) is 22.1. The third-order valence-corrected chi connectivity index (χ3v) is 9.56. The van der Waals surface area contributed by atoms with Crippen molar-refractivity contribution in [2.75, 3.05) is 6.54 Å². The van der Waals surface area contributed by atoms with Gasteiger partial charge in [0.1, 0.15) is 30.0 Å². The number of amides is 4. The summed E-state index contributed by atoms with van der Waals surface area (Å²) in [5.41, 5.74) is 0.392. The predicted octanol–water partition coefficient (Wildman–Crippen LogP) is 3.52. The molecule has 0 saturated carbocycles. The predicted molar refractivity (Wildman–Crippen MR) is 176 cm³/mol. The van der Waals surface area contributed by atoms with E-state index in [1.165, 1.54) is 0 Å². The number of Topliss-reactive ketones (excluding diaryl/α,β-unsaturated/α-hetero) is 1. The lowest BCUT2D eigenvalue weighted by atomic mass is 9.93. The maximum absolute atomic E-state index is 14.2. The average Bonchev–Trinajstić information content (AvgIpc) is 3.07. The molecule has 0 spiro atoms. The minimum absolute atomic E-state index is 0.0813. The van der Waals surface area contributed by atoms with Gasteiger partial charge in [0, 0.05) is 43.1 Å². The number of nitrogens with one attached hydrogen (secondary N) is 3. The summed E-state index contributed by atoms with van der Waals surface area (Å²) < 4.78 is 1.86. The van der Waals surface area contributed by atoms with E-state index in [9.17, 15) is 28.8 Å². The van der Waals surface area contributed by atoms with Crippen LogP contribution in [0.3, 0.4) is 0 Å². The number of nitrogens with zero attached hydrogens (tertiary/aromatic N) is 2. The van der Waals surface area contributed by atoms with E-state index in [1.807, 2.05) is 44.4 Å².